The maximum atomic E-state index is 12.8. The Bertz CT molecular complexity index is 4810. The second kappa shape index (κ2) is 48.1. The summed E-state index contributed by atoms with van der Waals surface area (Å²) in [5, 5.41) is 36.1. The zero-order valence-corrected chi connectivity index (χ0v) is 87.3. The monoisotopic (exact) mass is 1940 g/mol. The molecule has 29 nitrogen and oxygen atoms in total. The summed E-state index contributed by atoms with van der Waals surface area (Å²) in [7, 11) is 0. The van der Waals surface area contributed by atoms with Gasteiger partial charge in [0.1, 0.15) is 10.8 Å². The van der Waals surface area contributed by atoms with Crippen molar-refractivity contribution < 1.29 is 56.5 Å². The first-order valence-electron chi connectivity index (χ1n) is 49.9. The SMILES string of the molecule is CC(C)(C)c1cc(NC(=O)[C@@H]2CCCN2C2CCOCC2)on1.CC(C)(C)c1cc(NC(=O)[C@@H]2CCCN2CC2CC2)no1.CC(C)(C)c1cc(NC(=O)[C@@H]2CCCN2CC2CCOCC2)on1.CC(C)(C)c1csc(CC(=O)[C@@H]2CCCN2c2ccc(Cl)cc2)n1.CC(C)(C)c1csc(NC(=O)[C@@H]2CCCN2C2CCOCC2)n1.CCCN1CCC[C@H]1C(=O)Nc1nc(C(C)(C)C)cs1. The number of carbonyl (C=O) groups excluding carboxylic acids is 6. The molecule has 0 radical (unpaired) electrons. The van der Waals surface area contributed by atoms with Gasteiger partial charge >= 0.3 is 0 Å². The van der Waals surface area contributed by atoms with Crippen LogP contribution in [0.1, 0.15) is 306 Å². The lowest BCUT2D eigenvalue weighted by molar-refractivity contribution is -0.122. The minimum absolute atomic E-state index is 0.000358. The molecule has 0 unspecified atom stereocenters. The van der Waals surface area contributed by atoms with E-state index >= 15 is 0 Å². The molecule has 9 saturated heterocycles. The summed E-state index contributed by atoms with van der Waals surface area (Å²) in [6.45, 7) is 54.0. The average Bonchev–Trinajstić information content (AvgIpc) is 1.71. The summed E-state index contributed by atoms with van der Waals surface area (Å²) < 4.78 is 32.2. The predicted octanol–water partition coefficient (Wildman–Crippen LogP) is 19.3. The van der Waals surface area contributed by atoms with Gasteiger partial charge in [-0.15, -0.1) is 34.0 Å². The number of benzene rings is 1. The van der Waals surface area contributed by atoms with E-state index in [-0.39, 0.29) is 104 Å². The predicted molar refractivity (Wildman–Crippen MR) is 539 cm³/mol. The second-order valence-electron chi connectivity index (χ2n) is 44.3. The Kier molecular flexibility index (Phi) is 37.9. The average molecular weight is 1940 g/mol. The van der Waals surface area contributed by atoms with E-state index in [1.165, 1.54) is 35.5 Å². The van der Waals surface area contributed by atoms with Crippen LogP contribution in [0.4, 0.5) is 33.5 Å². The zero-order valence-electron chi connectivity index (χ0n) is 84.1. The van der Waals surface area contributed by atoms with Crippen LogP contribution in [0.25, 0.3) is 0 Å². The molecule has 5 amide bonds. The molecule has 9 aliphatic heterocycles. The summed E-state index contributed by atoms with van der Waals surface area (Å²) in [6.07, 6.45) is 22.6. The molecule has 0 spiro atoms. The smallest absolute Gasteiger partial charge is 0.244 e. The van der Waals surface area contributed by atoms with Gasteiger partial charge in [0, 0.05) is 149 Å². The summed E-state index contributed by atoms with van der Waals surface area (Å²) in [4.78, 5) is 103. The third-order valence-corrected chi connectivity index (χ3v) is 29.6. The first kappa shape index (κ1) is 106. The Morgan fingerprint density at radius 1 is 0.393 bits per heavy atom. The standard InChI is InChI=1S/C19H23ClN2OS.C18H29N3O3.C17H27N3O3.C17H27N3O2S.C16H25N3O2.C15H25N3OS/c1-19(2,3)17-12-24-18(21-17)11-16(23)15-5-4-10-22(15)14-8-6-13(20)7-9-14;1-18(2,3)15-11-16(24-20-15)19-17(22)14-5-4-8-21(14)12-13-6-9-23-10-7-13;1-17(2,3)14-11-15(23-19-14)18-16(21)13-5-4-8-20(13)12-6-9-22-10-7-12;1-17(2,3)14-11-23-16(18-14)19-15(21)13-5-4-8-20(13)12-6-9-22-10-7-12;1-16(2,3)13-9-14(18-21-13)17-15(20)12-5-4-8-19(12)10-11-6-7-11;1-5-8-18-9-6-7-11(18)13(19)17-14-16-12(10-20-14)15(2,3)4/h6-9,12,15H,4-5,10-11H2,1-3H3;11,13-14H,4-10,12H2,1-3H3,(H,19,22);11-13H,4-10H2,1-3H3,(H,18,21);11-13H,4-10H2,1-3H3,(H,18,19,21);9,11-12H,4-8,10H2,1-3H3,(H,17,18,20);10-11H,5-9H2,1-4H3,(H,16,17,19)/t15-;14-;2*13-;12-;11-/m000000/s1. The lowest BCUT2D eigenvalue weighted by Gasteiger charge is -2.34. The van der Waals surface area contributed by atoms with E-state index in [2.05, 4.69) is 223 Å². The highest BCUT2D eigenvalue weighted by Gasteiger charge is 2.42. The number of hydrogen-bond acceptors (Lipinski definition) is 27. The van der Waals surface area contributed by atoms with Crippen molar-refractivity contribution in [1.29, 1.82) is 0 Å². The van der Waals surface area contributed by atoms with E-state index in [9.17, 15) is 28.8 Å². The number of rotatable bonds is 22. The number of carbonyl (C=O) groups is 6. The number of Topliss-reactive ketones (excluding diaryl/α,β-unsaturated/α-hetero) is 1. The highest BCUT2D eigenvalue weighted by Crippen LogP contribution is 2.38. The number of anilines is 6. The number of aromatic nitrogens is 6. The van der Waals surface area contributed by atoms with Crippen molar-refractivity contribution in [1.82, 2.24) is 54.9 Å². The maximum Gasteiger partial charge on any atom is 0.244 e. The molecule has 5 N–H and O–H groups in total. The van der Waals surface area contributed by atoms with Crippen molar-refractivity contribution in [3.8, 4) is 0 Å². The number of hydrogen-bond donors (Lipinski definition) is 5. The van der Waals surface area contributed by atoms with E-state index in [1.807, 2.05) is 53.2 Å². The van der Waals surface area contributed by atoms with E-state index in [1.54, 1.807) is 11.3 Å². The molecule has 6 atom stereocenters. The van der Waals surface area contributed by atoms with Crippen molar-refractivity contribution in [3.63, 3.8) is 0 Å². The number of amides is 5. The van der Waals surface area contributed by atoms with Gasteiger partial charge in [0.25, 0.3) is 0 Å². The van der Waals surface area contributed by atoms with Gasteiger partial charge in [0.2, 0.25) is 41.3 Å². The summed E-state index contributed by atoms with van der Waals surface area (Å²) in [6, 6.07) is 14.0. The van der Waals surface area contributed by atoms with Gasteiger partial charge in [-0.05, 0) is 210 Å². The zero-order chi connectivity index (χ0) is 97.2. The minimum Gasteiger partial charge on any atom is -0.381 e. The summed E-state index contributed by atoms with van der Waals surface area (Å²) in [5.41, 5.74) is 5.71. The Morgan fingerprint density at radius 3 is 1.21 bits per heavy atom. The van der Waals surface area contributed by atoms with E-state index in [0.29, 0.717) is 42.0 Å². The van der Waals surface area contributed by atoms with Crippen LogP contribution < -0.4 is 31.5 Å². The normalized spacial score (nSPS) is 22.3. The molecule has 10 fully saturated rings. The summed E-state index contributed by atoms with van der Waals surface area (Å²) in [5.74, 6) is 4.24. The molecular weight excluding hydrogens is 1790 g/mol. The van der Waals surface area contributed by atoms with E-state index < -0.39 is 0 Å². The van der Waals surface area contributed by atoms with Crippen molar-refractivity contribution >= 4 is 114 Å². The van der Waals surface area contributed by atoms with Gasteiger partial charge in [0.05, 0.1) is 71.1 Å². The van der Waals surface area contributed by atoms with Gasteiger partial charge < -0.3 is 48.6 Å². The number of ketones is 1. The minimum atomic E-state index is -0.0959. The van der Waals surface area contributed by atoms with E-state index in [0.717, 1.165) is 287 Å². The molecule has 17 rings (SSSR count). The first-order valence-corrected chi connectivity index (χ1v) is 52.9. The third kappa shape index (κ3) is 31.3. The number of nitrogens with one attached hydrogen (secondary N) is 5. The van der Waals surface area contributed by atoms with Crippen LogP contribution in [0.5, 0.6) is 0 Å². The molecule has 135 heavy (non-hydrogen) atoms. The Morgan fingerprint density at radius 2 is 0.778 bits per heavy atom. The number of thiazole rings is 3. The lowest BCUT2D eigenvalue weighted by atomic mass is 9.92. The molecule has 7 aromatic rings. The number of ether oxygens (including phenoxy) is 3. The maximum absolute atomic E-state index is 12.8. The van der Waals surface area contributed by atoms with Crippen LogP contribution in [0.2, 0.25) is 5.02 Å². The fraction of sp³-hybridized carbons (Fsp3) is 0.706. The van der Waals surface area contributed by atoms with Gasteiger partial charge in [-0.2, -0.15) is 0 Å². The highest BCUT2D eigenvalue weighted by atomic mass is 35.5. The molecule has 746 valence electrons. The molecule has 1 saturated carbocycles. The van der Waals surface area contributed by atoms with Crippen molar-refractivity contribution in [2.45, 2.75) is 354 Å². The molecule has 0 bridgehead atoms. The lowest BCUT2D eigenvalue weighted by Crippen LogP contribution is -2.47. The molecular formula is C102H156ClN17O12S3. The molecule has 15 heterocycles. The Balaban J connectivity index is 0.000000146. The van der Waals surface area contributed by atoms with Gasteiger partial charge in [-0.25, -0.2) is 15.0 Å². The van der Waals surface area contributed by atoms with Gasteiger partial charge in [-0.3, -0.25) is 63.9 Å². The first-order chi connectivity index (χ1) is 64.0. The van der Waals surface area contributed by atoms with Crippen molar-refractivity contribution in [2.75, 3.05) is 130 Å². The molecule has 6 aromatic heterocycles. The fourth-order valence-corrected chi connectivity index (χ4v) is 21.8. The van der Waals surface area contributed by atoms with Crippen molar-refractivity contribution in [3.05, 3.63) is 103 Å². The van der Waals surface area contributed by atoms with Crippen molar-refractivity contribution in [2.24, 2.45) is 11.8 Å². The summed E-state index contributed by atoms with van der Waals surface area (Å²) >= 11 is 10.6. The molecule has 1 aliphatic carbocycles. The Hall–Kier alpha value is -7.47. The van der Waals surface area contributed by atoms with Crippen LogP contribution in [0, 0.1) is 11.8 Å². The largest absolute Gasteiger partial charge is 0.381 e. The third-order valence-electron chi connectivity index (χ3n) is 27.0. The molecule has 10 aliphatic rings. The molecule has 1 aromatic carbocycles. The number of likely N-dealkylation sites (tertiary alicyclic amines) is 5. The Labute approximate surface area is 819 Å². The number of nitrogens with zero attached hydrogens (tertiary/aromatic N) is 12. The van der Waals surface area contributed by atoms with Crippen LogP contribution in [0.3, 0.4) is 0 Å². The quantitative estimate of drug-likeness (QED) is 0.0421. The van der Waals surface area contributed by atoms with Crippen LogP contribution in [-0.4, -0.2) is 237 Å². The van der Waals surface area contributed by atoms with Crippen LogP contribution >= 0.6 is 45.6 Å². The number of halogens is 1. The second-order valence-corrected chi connectivity index (χ2v) is 47.4. The fourth-order valence-electron chi connectivity index (χ4n) is 18.8. The highest BCUT2D eigenvalue weighted by molar-refractivity contribution is 7.14. The molecule has 33 heteroatoms. The van der Waals surface area contributed by atoms with Gasteiger partial charge in [-0.1, -0.05) is 159 Å². The van der Waals surface area contributed by atoms with E-state index in [4.69, 9.17) is 39.4 Å². The van der Waals surface area contributed by atoms with Crippen LogP contribution in [-0.2, 0) is 81.9 Å². The van der Waals surface area contributed by atoms with Gasteiger partial charge in [0.15, 0.2) is 21.9 Å². The van der Waals surface area contributed by atoms with Crippen LogP contribution in [0.15, 0.2) is 72.2 Å². The topological polar surface area (TPSA) is 326 Å².